The van der Waals surface area contributed by atoms with E-state index in [1.54, 1.807) is 10.4 Å². The number of nitrogens with one attached hydrogen (secondary N) is 1. The minimum Gasteiger partial charge on any atom is -0.348 e. The minimum absolute atomic E-state index is 0.0286. The standard InChI is InChI=1S/C25H30F2N2O3S/c1-3-16-33(31,32)29-14-12-25(13-15-29)20-10-6-4-8-18(20)17-22(25)28-23(30)19-9-5-7-11-21(19)24(2,26)27/h4-11,22H,3,12-17H2,1-2H3,(H,28,30). The van der Waals surface area contributed by atoms with E-state index in [0.29, 0.717) is 38.8 Å². The lowest BCUT2D eigenvalue weighted by Crippen LogP contribution is -2.54. The van der Waals surface area contributed by atoms with Gasteiger partial charge >= 0.3 is 0 Å². The molecule has 1 heterocycles. The van der Waals surface area contributed by atoms with Gasteiger partial charge in [0.2, 0.25) is 10.0 Å². The number of amides is 1. The lowest BCUT2D eigenvalue weighted by molar-refractivity contribution is 0.0162. The Bertz CT molecular complexity index is 1140. The van der Waals surface area contributed by atoms with Gasteiger partial charge in [-0.05, 0) is 42.9 Å². The summed E-state index contributed by atoms with van der Waals surface area (Å²) < 4.78 is 55.0. The third-order valence-corrected chi connectivity index (χ3v) is 9.14. The zero-order valence-corrected chi connectivity index (χ0v) is 19.8. The molecule has 0 aromatic heterocycles. The van der Waals surface area contributed by atoms with Crippen molar-refractivity contribution in [2.75, 3.05) is 18.8 Å². The van der Waals surface area contributed by atoms with Gasteiger partial charge in [0.25, 0.3) is 11.8 Å². The van der Waals surface area contributed by atoms with Crippen molar-refractivity contribution in [1.82, 2.24) is 9.62 Å². The summed E-state index contributed by atoms with van der Waals surface area (Å²) in [7, 11) is -3.30. The van der Waals surface area contributed by atoms with Crippen LogP contribution in [0.2, 0.25) is 0 Å². The number of halogens is 2. The van der Waals surface area contributed by atoms with E-state index < -0.39 is 27.3 Å². The second-order valence-corrected chi connectivity index (χ2v) is 11.3. The molecule has 1 saturated heterocycles. The monoisotopic (exact) mass is 476 g/mol. The van der Waals surface area contributed by atoms with Gasteiger partial charge < -0.3 is 5.32 Å². The molecule has 4 rings (SSSR count). The van der Waals surface area contributed by atoms with E-state index in [1.807, 2.05) is 31.2 Å². The first-order chi connectivity index (χ1) is 15.6. The van der Waals surface area contributed by atoms with Crippen molar-refractivity contribution in [3.05, 3.63) is 70.8 Å². The SMILES string of the molecule is CCCS(=O)(=O)N1CCC2(CC1)c1ccccc1CC2NC(=O)c1ccccc1C(C)(F)F. The number of benzene rings is 2. The number of piperidine rings is 1. The van der Waals surface area contributed by atoms with Crippen LogP contribution in [0.1, 0.15) is 60.2 Å². The van der Waals surface area contributed by atoms with Gasteiger partial charge in [-0.1, -0.05) is 49.4 Å². The van der Waals surface area contributed by atoms with Crippen LogP contribution in [0.5, 0.6) is 0 Å². The molecule has 1 aliphatic carbocycles. The lowest BCUT2D eigenvalue weighted by atomic mass is 9.71. The Hall–Kier alpha value is -2.32. The molecule has 2 aromatic rings. The number of alkyl halides is 2. The number of carbonyl (C=O) groups excluding carboxylic acids is 1. The second-order valence-electron chi connectivity index (χ2n) is 9.19. The quantitative estimate of drug-likeness (QED) is 0.679. The Morgan fingerprint density at radius 3 is 2.42 bits per heavy atom. The third kappa shape index (κ3) is 4.43. The molecule has 0 saturated carbocycles. The normalized spacial score (nSPS) is 20.5. The van der Waals surface area contributed by atoms with E-state index in [4.69, 9.17) is 0 Å². The summed E-state index contributed by atoms with van der Waals surface area (Å²) in [4.78, 5) is 13.2. The highest BCUT2D eigenvalue weighted by atomic mass is 32.2. The molecule has 2 aromatic carbocycles. The second kappa shape index (κ2) is 8.80. The molecule has 1 unspecified atom stereocenters. The van der Waals surface area contributed by atoms with Crippen molar-refractivity contribution < 1.29 is 22.0 Å². The summed E-state index contributed by atoms with van der Waals surface area (Å²) in [6.45, 7) is 3.40. The van der Waals surface area contributed by atoms with E-state index in [2.05, 4.69) is 5.32 Å². The summed E-state index contributed by atoms with van der Waals surface area (Å²) in [5.74, 6) is -3.53. The maximum atomic E-state index is 14.1. The first-order valence-corrected chi connectivity index (χ1v) is 13.0. The molecular formula is C25H30F2N2O3S. The van der Waals surface area contributed by atoms with Crippen molar-refractivity contribution in [3.8, 4) is 0 Å². The van der Waals surface area contributed by atoms with Crippen molar-refractivity contribution in [1.29, 1.82) is 0 Å². The number of hydrogen-bond acceptors (Lipinski definition) is 3. The third-order valence-electron chi connectivity index (χ3n) is 7.06. The van der Waals surface area contributed by atoms with Crippen LogP contribution < -0.4 is 5.32 Å². The highest BCUT2D eigenvalue weighted by Gasteiger charge is 2.50. The van der Waals surface area contributed by atoms with Crippen LogP contribution in [0.25, 0.3) is 0 Å². The Balaban J connectivity index is 1.63. The summed E-state index contributed by atoms with van der Waals surface area (Å²) >= 11 is 0. The van der Waals surface area contributed by atoms with Crippen LogP contribution in [0, 0.1) is 0 Å². The van der Waals surface area contributed by atoms with E-state index in [-0.39, 0.29) is 22.9 Å². The number of nitrogens with zero attached hydrogens (tertiary/aromatic N) is 1. The molecule has 178 valence electrons. The smallest absolute Gasteiger partial charge is 0.271 e. The van der Waals surface area contributed by atoms with Crippen molar-refractivity contribution in [3.63, 3.8) is 0 Å². The Morgan fingerprint density at radius 2 is 1.76 bits per heavy atom. The Kier molecular flexibility index (Phi) is 6.35. The van der Waals surface area contributed by atoms with Gasteiger partial charge in [-0.25, -0.2) is 21.5 Å². The van der Waals surface area contributed by atoms with Crippen LogP contribution >= 0.6 is 0 Å². The molecule has 5 nitrogen and oxygen atoms in total. The van der Waals surface area contributed by atoms with Crippen LogP contribution in [0.4, 0.5) is 8.78 Å². The molecule has 0 bridgehead atoms. The van der Waals surface area contributed by atoms with E-state index in [9.17, 15) is 22.0 Å². The summed E-state index contributed by atoms with van der Waals surface area (Å²) in [5.41, 5.74) is 1.49. The molecule has 1 spiro atoms. The largest absolute Gasteiger partial charge is 0.348 e. The van der Waals surface area contributed by atoms with Crippen LogP contribution in [0.15, 0.2) is 48.5 Å². The number of carbonyl (C=O) groups is 1. The zero-order valence-electron chi connectivity index (χ0n) is 19.0. The molecule has 1 fully saturated rings. The fraction of sp³-hybridized carbons (Fsp3) is 0.480. The highest BCUT2D eigenvalue weighted by Crippen LogP contribution is 2.47. The van der Waals surface area contributed by atoms with Crippen molar-refractivity contribution >= 4 is 15.9 Å². The van der Waals surface area contributed by atoms with Crippen LogP contribution in [0.3, 0.4) is 0 Å². The van der Waals surface area contributed by atoms with Gasteiger partial charge in [0.1, 0.15) is 0 Å². The predicted octanol–water partition coefficient (Wildman–Crippen LogP) is 4.23. The molecule has 1 N–H and O–H groups in total. The van der Waals surface area contributed by atoms with Gasteiger partial charge in [0.05, 0.1) is 5.75 Å². The Morgan fingerprint density at radius 1 is 1.12 bits per heavy atom. The minimum atomic E-state index is -3.30. The zero-order chi connectivity index (χ0) is 23.9. The van der Waals surface area contributed by atoms with Gasteiger partial charge in [0.15, 0.2) is 0 Å². The van der Waals surface area contributed by atoms with Gasteiger partial charge in [0, 0.05) is 42.6 Å². The fourth-order valence-corrected chi connectivity index (χ4v) is 6.96. The van der Waals surface area contributed by atoms with Crippen LogP contribution in [-0.2, 0) is 27.8 Å². The summed E-state index contributed by atoms with van der Waals surface area (Å²) in [6.07, 6.45) is 2.30. The van der Waals surface area contributed by atoms with Gasteiger partial charge in [-0.2, -0.15) is 0 Å². The Labute approximate surface area is 194 Å². The van der Waals surface area contributed by atoms with E-state index in [1.165, 1.54) is 18.2 Å². The number of rotatable bonds is 6. The molecule has 0 radical (unpaired) electrons. The molecule has 1 atom stereocenters. The van der Waals surface area contributed by atoms with E-state index in [0.717, 1.165) is 18.1 Å². The molecule has 8 heteroatoms. The first kappa shape index (κ1) is 23.8. The van der Waals surface area contributed by atoms with Crippen molar-refractivity contribution in [2.24, 2.45) is 0 Å². The first-order valence-electron chi connectivity index (χ1n) is 11.4. The lowest BCUT2D eigenvalue weighted by Gasteiger charge is -2.43. The molecule has 1 aliphatic heterocycles. The fourth-order valence-electron chi connectivity index (χ4n) is 5.44. The molecular weight excluding hydrogens is 446 g/mol. The molecule has 2 aliphatic rings. The average molecular weight is 477 g/mol. The number of sulfonamides is 1. The number of fused-ring (bicyclic) bond motifs is 2. The summed E-state index contributed by atoms with van der Waals surface area (Å²) in [6, 6.07) is 13.5. The topological polar surface area (TPSA) is 66.5 Å². The average Bonchev–Trinajstić information content (AvgIpc) is 3.06. The predicted molar refractivity (Wildman–Crippen MR) is 124 cm³/mol. The maximum absolute atomic E-state index is 14.1. The number of hydrogen-bond donors (Lipinski definition) is 1. The maximum Gasteiger partial charge on any atom is 0.271 e. The summed E-state index contributed by atoms with van der Waals surface area (Å²) in [5, 5.41) is 3.05. The molecule has 33 heavy (non-hydrogen) atoms. The highest BCUT2D eigenvalue weighted by molar-refractivity contribution is 7.89. The van der Waals surface area contributed by atoms with Crippen molar-refractivity contribution in [2.45, 2.75) is 56.9 Å². The van der Waals surface area contributed by atoms with E-state index >= 15 is 0 Å². The molecule has 1 amide bonds. The van der Waals surface area contributed by atoms with Crippen LogP contribution in [-0.4, -0.2) is 43.5 Å². The van der Waals surface area contributed by atoms with Gasteiger partial charge in [-0.15, -0.1) is 0 Å². The van der Waals surface area contributed by atoms with Gasteiger partial charge in [-0.3, -0.25) is 4.79 Å².